The Kier molecular flexibility index (Phi) is 4.67. The lowest BCUT2D eigenvalue weighted by Gasteiger charge is -2.20. The third kappa shape index (κ3) is 3.47. The highest BCUT2D eigenvalue weighted by molar-refractivity contribution is 7.99. The van der Waals surface area contributed by atoms with Crippen molar-refractivity contribution < 1.29 is 0 Å². The molecule has 1 aromatic rings. The molecular formula is C12H20N2S2. The Morgan fingerprint density at radius 1 is 1.50 bits per heavy atom. The van der Waals surface area contributed by atoms with Gasteiger partial charge in [-0.25, -0.2) is 4.98 Å². The van der Waals surface area contributed by atoms with Gasteiger partial charge in [-0.05, 0) is 19.8 Å². The van der Waals surface area contributed by atoms with E-state index in [1.807, 2.05) is 6.92 Å². The summed E-state index contributed by atoms with van der Waals surface area (Å²) in [6.45, 7) is 1.99. The van der Waals surface area contributed by atoms with Crippen molar-refractivity contribution in [1.82, 2.24) is 4.98 Å². The standard InChI is InChI=1S/C12H20N2S2/c1-9(13)11-7-16-12(14-11)8-15-10-5-3-2-4-6-10/h7,9-10H,2-6,8,13H2,1H3/t9-/m1/s1. The number of rotatable bonds is 4. The summed E-state index contributed by atoms with van der Waals surface area (Å²) < 4.78 is 0. The third-order valence-electron chi connectivity index (χ3n) is 3.03. The molecule has 1 aliphatic rings. The zero-order valence-corrected chi connectivity index (χ0v) is 11.4. The Morgan fingerprint density at radius 2 is 2.25 bits per heavy atom. The van der Waals surface area contributed by atoms with E-state index < -0.39 is 0 Å². The Labute approximate surface area is 106 Å². The van der Waals surface area contributed by atoms with Gasteiger partial charge in [0.15, 0.2) is 0 Å². The molecule has 2 rings (SSSR count). The number of nitrogens with zero attached hydrogens (tertiary/aromatic N) is 1. The Bertz CT molecular complexity index is 317. The molecule has 1 aliphatic carbocycles. The van der Waals surface area contributed by atoms with E-state index in [0.29, 0.717) is 0 Å². The van der Waals surface area contributed by atoms with Crippen LogP contribution in [0.15, 0.2) is 5.38 Å². The number of thiazole rings is 1. The molecule has 1 atom stereocenters. The van der Waals surface area contributed by atoms with Crippen molar-refractivity contribution in [2.75, 3.05) is 0 Å². The van der Waals surface area contributed by atoms with Crippen molar-refractivity contribution in [3.63, 3.8) is 0 Å². The van der Waals surface area contributed by atoms with Crippen LogP contribution in [-0.2, 0) is 5.75 Å². The first-order chi connectivity index (χ1) is 7.75. The van der Waals surface area contributed by atoms with Crippen molar-refractivity contribution in [2.45, 2.75) is 56.1 Å². The maximum atomic E-state index is 5.80. The van der Waals surface area contributed by atoms with Crippen LogP contribution in [0.1, 0.15) is 55.8 Å². The minimum atomic E-state index is 0.0738. The molecule has 2 N–H and O–H groups in total. The van der Waals surface area contributed by atoms with Gasteiger partial charge in [-0.2, -0.15) is 11.8 Å². The third-order valence-corrected chi connectivity index (χ3v) is 5.46. The molecule has 0 aromatic carbocycles. The van der Waals surface area contributed by atoms with Crippen molar-refractivity contribution in [1.29, 1.82) is 0 Å². The fraction of sp³-hybridized carbons (Fsp3) is 0.750. The van der Waals surface area contributed by atoms with Crippen molar-refractivity contribution in [3.05, 3.63) is 16.1 Å². The van der Waals surface area contributed by atoms with Gasteiger partial charge in [0.2, 0.25) is 0 Å². The smallest absolute Gasteiger partial charge is 0.103 e. The van der Waals surface area contributed by atoms with E-state index in [1.165, 1.54) is 37.1 Å². The van der Waals surface area contributed by atoms with Crippen LogP contribution in [0.4, 0.5) is 0 Å². The Morgan fingerprint density at radius 3 is 2.88 bits per heavy atom. The maximum Gasteiger partial charge on any atom is 0.103 e. The summed E-state index contributed by atoms with van der Waals surface area (Å²) in [6.07, 6.45) is 7.07. The van der Waals surface area contributed by atoms with Crippen LogP contribution in [0.5, 0.6) is 0 Å². The molecule has 0 aliphatic heterocycles. The number of thioether (sulfide) groups is 1. The average Bonchev–Trinajstić information content (AvgIpc) is 2.76. The lowest BCUT2D eigenvalue weighted by atomic mass is 10.0. The van der Waals surface area contributed by atoms with E-state index in [9.17, 15) is 0 Å². The van der Waals surface area contributed by atoms with Crippen LogP contribution in [0.3, 0.4) is 0 Å². The van der Waals surface area contributed by atoms with Gasteiger partial charge in [0, 0.05) is 22.4 Å². The first-order valence-corrected chi connectivity index (χ1v) is 8.00. The normalized spacial score (nSPS) is 19.9. The molecule has 0 bridgehead atoms. The van der Waals surface area contributed by atoms with Crippen molar-refractivity contribution in [2.24, 2.45) is 5.73 Å². The highest BCUT2D eigenvalue weighted by Crippen LogP contribution is 2.31. The van der Waals surface area contributed by atoms with Crippen LogP contribution < -0.4 is 5.73 Å². The summed E-state index contributed by atoms with van der Waals surface area (Å²) in [7, 11) is 0. The molecule has 0 radical (unpaired) electrons. The fourth-order valence-corrected chi connectivity index (χ4v) is 4.29. The number of aromatic nitrogens is 1. The van der Waals surface area contributed by atoms with Crippen molar-refractivity contribution >= 4 is 23.1 Å². The summed E-state index contributed by atoms with van der Waals surface area (Å²) >= 11 is 3.84. The minimum absolute atomic E-state index is 0.0738. The van der Waals surface area contributed by atoms with Gasteiger partial charge >= 0.3 is 0 Å². The molecule has 0 unspecified atom stereocenters. The maximum absolute atomic E-state index is 5.80. The topological polar surface area (TPSA) is 38.9 Å². The predicted molar refractivity (Wildman–Crippen MR) is 72.9 cm³/mol. The van der Waals surface area contributed by atoms with E-state index in [4.69, 9.17) is 5.73 Å². The molecule has 90 valence electrons. The van der Waals surface area contributed by atoms with E-state index in [1.54, 1.807) is 11.3 Å². The second kappa shape index (κ2) is 6.03. The van der Waals surface area contributed by atoms with E-state index >= 15 is 0 Å². The highest BCUT2D eigenvalue weighted by Gasteiger charge is 2.14. The summed E-state index contributed by atoms with van der Waals surface area (Å²) in [6, 6.07) is 0.0738. The van der Waals surface area contributed by atoms with Gasteiger partial charge in [0.25, 0.3) is 0 Å². The predicted octanol–water partition coefficient (Wildman–Crippen LogP) is 3.73. The fourth-order valence-electron chi connectivity index (χ4n) is 2.02. The number of hydrogen-bond acceptors (Lipinski definition) is 4. The molecule has 4 heteroatoms. The van der Waals surface area contributed by atoms with E-state index in [-0.39, 0.29) is 6.04 Å². The summed E-state index contributed by atoms with van der Waals surface area (Å²) in [4.78, 5) is 4.57. The molecule has 0 saturated heterocycles. The Hall–Kier alpha value is -0.0600. The van der Waals surface area contributed by atoms with Crippen molar-refractivity contribution in [3.8, 4) is 0 Å². The largest absolute Gasteiger partial charge is 0.323 e. The second-order valence-corrected chi connectivity index (χ2v) is 6.76. The van der Waals surface area contributed by atoms with Crippen LogP contribution in [0.2, 0.25) is 0 Å². The van der Waals surface area contributed by atoms with Gasteiger partial charge in [-0.15, -0.1) is 11.3 Å². The lowest BCUT2D eigenvalue weighted by Crippen LogP contribution is -2.08. The Balaban J connectivity index is 1.79. The zero-order valence-electron chi connectivity index (χ0n) is 9.82. The SMILES string of the molecule is C[C@@H](N)c1csc(CSC2CCCCC2)n1. The average molecular weight is 256 g/mol. The molecule has 1 saturated carbocycles. The van der Waals surface area contributed by atoms with Crippen LogP contribution >= 0.6 is 23.1 Å². The summed E-state index contributed by atoms with van der Waals surface area (Å²) in [5.74, 6) is 1.07. The van der Waals surface area contributed by atoms with Crippen LogP contribution in [0, 0.1) is 0 Å². The second-order valence-electron chi connectivity index (χ2n) is 4.53. The lowest BCUT2D eigenvalue weighted by molar-refractivity contribution is 0.516. The van der Waals surface area contributed by atoms with Gasteiger partial charge < -0.3 is 5.73 Å². The number of nitrogens with two attached hydrogens (primary N) is 1. The van der Waals surface area contributed by atoms with Crippen LogP contribution in [0.25, 0.3) is 0 Å². The van der Waals surface area contributed by atoms with E-state index in [2.05, 4.69) is 22.1 Å². The molecule has 0 spiro atoms. The molecular weight excluding hydrogens is 236 g/mol. The summed E-state index contributed by atoms with van der Waals surface area (Å²) in [5.41, 5.74) is 6.85. The molecule has 1 heterocycles. The van der Waals surface area contributed by atoms with E-state index in [0.717, 1.165) is 16.7 Å². The molecule has 1 aromatic heterocycles. The molecule has 2 nitrogen and oxygen atoms in total. The quantitative estimate of drug-likeness (QED) is 0.892. The van der Waals surface area contributed by atoms with Gasteiger partial charge in [-0.1, -0.05) is 19.3 Å². The highest BCUT2D eigenvalue weighted by atomic mass is 32.2. The molecule has 1 fully saturated rings. The number of hydrogen-bond donors (Lipinski definition) is 1. The monoisotopic (exact) mass is 256 g/mol. The molecule has 0 amide bonds. The molecule has 16 heavy (non-hydrogen) atoms. The first-order valence-electron chi connectivity index (χ1n) is 6.07. The van der Waals surface area contributed by atoms with Gasteiger partial charge in [-0.3, -0.25) is 0 Å². The van der Waals surface area contributed by atoms with Crippen LogP contribution in [-0.4, -0.2) is 10.2 Å². The van der Waals surface area contributed by atoms with Gasteiger partial charge in [0.05, 0.1) is 5.69 Å². The summed E-state index contributed by atoms with van der Waals surface area (Å²) in [5, 5.41) is 4.21. The first kappa shape index (κ1) is 12.4. The minimum Gasteiger partial charge on any atom is -0.323 e. The van der Waals surface area contributed by atoms with Gasteiger partial charge in [0.1, 0.15) is 5.01 Å². The zero-order chi connectivity index (χ0) is 11.4.